The second-order valence-corrected chi connectivity index (χ2v) is 7.72. The van der Waals surface area contributed by atoms with Crippen LogP contribution in [0, 0.1) is 18.3 Å². The molecule has 2 amide bonds. The fourth-order valence-electron chi connectivity index (χ4n) is 3.70. The van der Waals surface area contributed by atoms with E-state index in [0.717, 1.165) is 38.9 Å². The van der Waals surface area contributed by atoms with Gasteiger partial charge in [-0.1, -0.05) is 10.3 Å². The van der Waals surface area contributed by atoms with Gasteiger partial charge in [0.15, 0.2) is 0 Å². The van der Waals surface area contributed by atoms with Crippen molar-refractivity contribution in [1.29, 1.82) is 0 Å². The summed E-state index contributed by atoms with van der Waals surface area (Å²) in [6.45, 7) is 7.07. The Bertz CT molecular complexity index is 641. The number of likely N-dealkylation sites (tertiary alicyclic amines) is 1. The maximum absolute atomic E-state index is 12.8. The first-order chi connectivity index (χ1) is 12.5. The van der Waals surface area contributed by atoms with Gasteiger partial charge in [0, 0.05) is 32.8 Å². The number of nitrogens with one attached hydrogen (secondary N) is 1. The Kier molecular flexibility index (Phi) is 5.90. The van der Waals surface area contributed by atoms with E-state index < -0.39 is 5.41 Å². The number of carbonyl (C=O) groups is 2. The lowest BCUT2D eigenvalue weighted by molar-refractivity contribution is -0.140. The van der Waals surface area contributed by atoms with E-state index in [1.54, 1.807) is 11.8 Å². The average molecular weight is 364 g/mol. The van der Waals surface area contributed by atoms with E-state index in [4.69, 9.17) is 4.74 Å². The zero-order valence-electron chi connectivity index (χ0n) is 15.6. The Balaban J connectivity index is 1.54. The van der Waals surface area contributed by atoms with Gasteiger partial charge in [-0.3, -0.25) is 9.59 Å². The first kappa shape index (κ1) is 18.8. The molecule has 1 aromatic heterocycles. The molecule has 0 spiro atoms. The smallest absolute Gasteiger partial charge is 0.228 e. The third-order valence-electron chi connectivity index (χ3n) is 5.55. The summed E-state index contributed by atoms with van der Waals surface area (Å²) in [6.07, 6.45) is 3.76. The minimum atomic E-state index is -0.545. The fraction of sp³-hybridized carbons (Fsp3) is 0.778. The highest BCUT2D eigenvalue weighted by Crippen LogP contribution is 2.30. The number of aromatic nitrogens is 2. The SMILES string of the molecule is Cc1nonc1CC(=O)N1CCC[C@@](C)(C(=O)NCC2CCOCC2)C1. The zero-order valence-corrected chi connectivity index (χ0v) is 15.6. The summed E-state index contributed by atoms with van der Waals surface area (Å²) in [5.41, 5.74) is 0.648. The monoisotopic (exact) mass is 364 g/mol. The number of amides is 2. The normalized spacial score (nSPS) is 24.5. The summed E-state index contributed by atoms with van der Waals surface area (Å²) >= 11 is 0. The van der Waals surface area contributed by atoms with Gasteiger partial charge in [0.2, 0.25) is 11.8 Å². The molecule has 0 saturated carbocycles. The largest absolute Gasteiger partial charge is 0.381 e. The van der Waals surface area contributed by atoms with Crippen LogP contribution in [-0.2, 0) is 20.7 Å². The molecule has 0 aromatic carbocycles. The molecule has 1 atom stereocenters. The molecule has 2 saturated heterocycles. The number of nitrogens with zero attached hydrogens (tertiary/aromatic N) is 3. The van der Waals surface area contributed by atoms with Crippen molar-refractivity contribution in [3.63, 3.8) is 0 Å². The van der Waals surface area contributed by atoms with Crippen LogP contribution in [0.25, 0.3) is 0 Å². The van der Waals surface area contributed by atoms with E-state index in [1.807, 2.05) is 6.92 Å². The first-order valence-corrected chi connectivity index (χ1v) is 9.40. The minimum Gasteiger partial charge on any atom is -0.381 e. The number of hydrogen-bond acceptors (Lipinski definition) is 6. The summed E-state index contributed by atoms with van der Waals surface area (Å²) in [4.78, 5) is 27.2. The van der Waals surface area contributed by atoms with Gasteiger partial charge in [-0.15, -0.1) is 0 Å². The van der Waals surface area contributed by atoms with Gasteiger partial charge in [0.05, 0.1) is 11.8 Å². The first-order valence-electron chi connectivity index (χ1n) is 9.40. The van der Waals surface area contributed by atoms with Gasteiger partial charge in [-0.05, 0) is 45.4 Å². The number of hydrogen-bond donors (Lipinski definition) is 1. The van der Waals surface area contributed by atoms with Crippen LogP contribution in [0.5, 0.6) is 0 Å². The molecule has 8 heteroatoms. The maximum Gasteiger partial charge on any atom is 0.228 e. The second kappa shape index (κ2) is 8.16. The van der Waals surface area contributed by atoms with E-state index >= 15 is 0 Å². The molecule has 2 aliphatic heterocycles. The summed E-state index contributed by atoms with van der Waals surface area (Å²) < 4.78 is 10.0. The average Bonchev–Trinajstić information content (AvgIpc) is 3.05. The standard InChI is InChI=1S/C18H28N4O4/c1-13-15(21-26-20-13)10-16(23)22-7-3-6-18(2,12-22)17(24)19-11-14-4-8-25-9-5-14/h14H,3-12H2,1-2H3,(H,19,24)/t18-/m1/s1. The Hall–Kier alpha value is -1.96. The predicted octanol–water partition coefficient (Wildman–Crippen LogP) is 1.09. The van der Waals surface area contributed by atoms with Crippen LogP contribution >= 0.6 is 0 Å². The Morgan fingerprint density at radius 2 is 2.08 bits per heavy atom. The van der Waals surface area contributed by atoms with Crippen LogP contribution in [0.4, 0.5) is 0 Å². The van der Waals surface area contributed by atoms with Crippen molar-refractivity contribution in [3.05, 3.63) is 11.4 Å². The second-order valence-electron chi connectivity index (χ2n) is 7.72. The van der Waals surface area contributed by atoms with Crippen LogP contribution in [-0.4, -0.2) is 59.9 Å². The van der Waals surface area contributed by atoms with E-state index in [2.05, 4.69) is 20.3 Å². The Morgan fingerprint density at radius 3 is 2.77 bits per heavy atom. The number of aryl methyl sites for hydroxylation is 1. The quantitative estimate of drug-likeness (QED) is 0.840. The molecule has 8 nitrogen and oxygen atoms in total. The number of piperidine rings is 1. The third kappa shape index (κ3) is 4.41. The molecular formula is C18H28N4O4. The van der Waals surface area contributed by atoms with Crippen molar-refractivity contribution in [3.8, 4) is 0 Å². The lowest BCUT2D eigenvalue weighted by atomic mass is 9.80. The Labute approximate surface area is 153 Å². The van der Waals surface area contributed by atoms with E-state index in [-0.39, 0.29) is 18.2 Å². The van der Waals surface area contributed by atoms with Crippen LogP contribution in [0.15, 0.2) is 4.63 Å². The lowest BCUT2D eigenvalue weighted by Crippen LogP contribution is -2.52. The molecule has 0 bridgehead atoms. The van der Waals surface area contributed by atoms with E-state index in [0.29, 0.717) is 36.9 Å². The molecule has 0 unspecified atom stereocenters. The molecule has 3 heterocycles. The Morgan fingerprint density at radius 1 is 1.31 bits per heavy atom. The van der Waals surface area contributed by atoms with Gasteiger partial charge >= 0.3 is 0 Å². The maximum atomic E-state index is 12.8. The molecular weight excluding hydrogens is 336 g/mol. The fourth-order valence-corrected chi connectivity index (χ4v) is 3.70. The minimum absolute atomic E-state index is 0.0352. The van der Waals surface area contributed by atoms with Crippen molar-refractivity contribution in [2.24, 2.45) is 11.3 Å². The number of rotatable bonds is 5. The zero-order chi connectivity index (χ0) is 18.6. The van der Waals surface area contributed by atoms with Crippen molar-refractivity contribution in [2.45, 2.75) is 46.0 Å². The topological polar surface area (TPSA) is 97.6 Å². The summed E-state index contributed by atoms with van der Waals surface area (Å²) in [5, 5.41) is 10.6. The summed E-state index contributed by atoms with van der Waals surface area (Å²) in [6, 6.07) is 0. The number of carbonyl (C=O) groups excluding carboxylic acids is 2. The van der Waals surface area contributed by atoms with Gasteiger partial charge in [0.1, 0.15) is 11.4 Å². The molecule has 2 fully saturated rings. The van der Waals surface area contributed by atoms with Gasteiger partial charge < -0.3 is 15.0 Å². The molecule has 2 aliphatic rings. The van der Waals surface area contributed by atoms with Crippen molar-refractivity contribution in [2.75, 3.05) is 32.8 Å². The lowest BCUT2D eigenvalue weighted by Gasteiger charge is -2.39. The van der Waals surface area contributed by atoms with Gasteiger partial charge in [0.25, 0.3) is 0 Å². The third-order valence-corrected chi connectivity index (χ3v) is 5.55. The molecule has 144 valence electrons. The highest BCUT2D eigenvalue weighted by molar-refractivity contribution is 5.84. The van der Waals surface area contributed by atoms with E-state index in [1.165, 1.54) is 0 Å². The van der Waals surface area contributed by atoms with Gasteiger partial charge in [-0.2, -0.15) is 0 Å². The number of ether oxygens (including phenoxy) is 1. The van der Waals surface area contributed by atoms with Crippen LogP contribution < -0.4 is 5.32 Å². The molecule has 3 rings (SSSR count). The molecule has 1 N–H and O–H groups in total. The van der Waals surface area contributed by atoms with Crippen molar-refractivity contribution >= 4 is 11.8 Å². The summed E-state index contributed by atoms with van der Waals surface area (Å²) in [5.74, 6) is 0.494. The van der Waals surface area contributed by atoms with Gasteiger partial charge in [-0.25, -0.2) is 4.63 Å². The van der Waals surface area contributed by atoms with Crippen LogP contribution in [0.1, 0.15) is 44.0 Å². The predicted molar refractivity (Wildman–Crippen MR) is 93.2 cm³/mol. The van der Waals surface area contributed by atoms with E-state index in [9.17, 15) is 9.59 Å². The summed E-state index contributed by atoms with van der Waals surface area (Å²) in [7, 11) is 0. The highest BCUT2D eigenvalue weighted by Gasteiger charge is 2.39. The van der Waals surface area contributed by atoms with Crippen LogP contribution in [0.3, 0.4) is 0 Å². The molecule has 1 aromatic rings. The van der Waals surface area contributed by atoms with Crippen LogP contribution in [0.2, 0.25) is 0 Å². The molecule has 26 heavy (non-hydrogen) atoms. The highest BCUT2D eigenvalue weighted by atomic mass is 16.6. The van der Waals surface area contributed by atoms with Crippen molar-refractivity contribution in [1.82, 2.24) is 20.5 Å². The van der Waals surface area contributed by atoms with Crippen molar-refractivity contribution < 1.29 is 19.0 Å². The molecule has 0 aliphatic carbocycles. The molecule has 0 radical (unpaired) electrons.